The fourth-order valence-electron chi connectivity index (χ4n) is 2.99. The van der Waals surface area contributed by atoms with Crippen LogP contribution in [-0.2, 0) is 4.79 Å². The fourth-order valence-corrected chi connectivity index (χ4v) is 3.32. The number of nitrogens with zero attached hydrogens (tertiary/aromatic N) is 4. The molecule has 3 aromatic rings. The number of anilines is 2. The monoisotopic (exact) mass is 520 g/mol. The number of aromatic nitrogens is 2. The number of likely N-dealkylation sites (N-methyl/N-ethyl adjacent to an activating group) is 1. The topological polar surface area (TPSA) is 123 Å². The Morgan fingerprint density at radius 3 is 2.73 bits per heavy atom. The van der Waals surface area contributed by atoms with Gasteiger partial charge in [-0.3, -0.25) is 14.9 Å². The normalized spacial score (nSPS) is 11.9. The Kier molecular flexibility index (Phi) is 7.71. The van der Waals surface area contributed by atoms with Gasteiger partial charge in [0, 0.05) is 16.6 Å². The lowest BCUT2D eigenvalue weighted by atomic mass is 10.2. The Morgan fingerprint density at radius 2 is 2.06 bits per heavy atom. The summed E-state index contributed by atoms with van der Waals surface area (Å²) in [6.45, 7) is 2.07. The number of nitro benzene ring substituents is 1. The van der Waals surface area contributed by atoms with Crippen molar-refractivity contribution >= 4 is 49.9 Å². The van der Waals surface area contributed by atoms with E-state index in [1.807, 2.05) is 0 Å². The molecule has 0 aliphatic heterocycles. The van der Waals surface area contributed by atoms with Crippen LogP contribution in [0.15, 0.2) is 41.1 Å². The van der Waals surface area contributed by atoms with Gasteiger partial charge in [0.15, 0.2) is 5.75 Å². The Labute approximate surface area is 197 Å². The number of ether oxygens (including phenoxy) is 1. The molecule has 0 radical (unpaired) electrons. The lowest BCUT2D eigenvalue weighted by Gasteiger charge is -2.17. The van der Waals surface area contributed by atoms with E-state index in [0.29, 0.717) is 15.4 Å². The van der Waals surface area contributed by atoms with E-state index in [1.54, 1.807) is 32.0 Å². The van der Waals surface area contributed by atoms with E-state index >= 15 is 0 Å². The van der Waals surface area contributed by atoms with Crippen molar-refractivity contribution in [3.05, 3.63) is 57.1 Å². The molecule has 3 rings (SSSR count). The zero-order chi connectivity index (χ0) is 24.1. The standard InChI is InChI=1S/C21H22BrFN6O4/c1-12(9-24-20(30)10-28(2)3)33-19-8-17-14(7-18(19)29(31)32)21(26-11-25-17)27-16-5-4-13(22)6-15(16)23/h4-8,11-12H,9-10H2,1-3H3,(H,24,30)(H,25,26,27). The zero-order valence-corrected chi connectivity index (χ0v) is 19.7. The molecule has 1 heterocycles. The summed E-state index contributed by atoms with van der Waals surface area (Å²) >= 11 is 3.20. The quantitative estimate of drug-likeness (QED) is 0.324. The maximum atomic E-state index is 14.3. The summed E-state index contributed by atoms with van der Waals surface area (Å²) in [5, 5.41) is 17.6. The van der Waals surface area contributed by atoms with E-state index < -0.39 is 16.8 Å². The highest BCUT2D eigenvalue weighted by molar-refractivity contribution is 9.10. The predicted octanol–water partition coefficient (Wildman–Crippen LogP) is 3.63. The average molecular weight is 521 g/mol. The number of rotatable bonds is 9. The Bertz CT molecular complexity index is 1190. The molecule has 0 fully saturated rings. The highest BCUT2D eigenvalue weighted by Gasteiger charge is 2.21. The third kappa shape index (κ3) is 6.33. The van der Waals surface area contributed by atoms with Gasteiger partial charge < -0.3 is 20.3 Å². The summed E-state index contributed by atoms with van der Waals surface area (Å²) < 4.78 is 20.6. The number of amides is 1. The van der Waals surface area contributed by atoms with Gasteiger partial charge in [0.05, 0.1) is 34.6 Å². The largest absolute Gasteiger partial charge is 0.482 e. The molecule has 0 saturated carbocycles. The molecule has 10 nitrogen and oxygen atoms in total. The number of nitro groups is 1. The first-order valence-corrected chi connectivity index (χ1v) is 10.7. The van der Waals surface area contributed by atoms with Crippen LogP contribution in [0.5, 0.6) is 5.75 Å². The molecular formula is C21H22BrFN6O4. The van der Waals surface area contributed by atoms with E-state index in [4.69, 9.17) is 4.74 Å². The van der Waals surface area contributed by atoms with Gasteiger partial charge in [0.2, 0.25) is 5.91 Å². The molecule has 33 heavy (non-hydrogen) atoms. The number of fused-ring (bicyclic) bond motifs is 1. The third-order valence-corrected chi connectivity index (χ3v) is 4.96. The van der Waals surface area contributed by atoms with Crippen molar-refractivity contribution in [1.82, 2.24) is 20.2 Å². The lowest BCUT2D eigenvalue weighted by molar-refractivity contribution is -0.385. The van der Waals surface area contributed by atoms with Gasteiger partial charge in [-0.15, -0.1) is 0 Å². The first kappa shape index (κ1) is 24.3. The Morgan fingerprint density at radius 1 is 1.30 bits per heavy atom. The second-order valence-corrected chi connectivity index (χ2v) is 8.45. The molecule has 0 aliphatic carbocycles. The summed E-state index contributed by atoms with van der Waals surface area (Å²) in [5.41, 5.74) is 0.223. The van der Waals surface area contributed by atoms with Gasteiger partial charge in [0.25, 0.3) is 0 Å². The van der Waals surface area contributed by atoms with Crippen LogP contribution in [0.3, 0.4) is 0 Å². The molecule has 1 aromatic heterocycles. The summed E-state index contributed by atoms with van der Waals surface area (Å²) in [4.78, 5) is 33.0. The molecule has 0 spiro atoms. The maximum absolute atomic E-state index is 14.3. The number of benzene rings is 2. The van der Waals surface area contributed by atoms with Gasteiger partial charge in [-0.1, -0.05) is 15.9 Å². The van der Waals surface area contributed by atoms with Crippen molar-refractivity contribution in [2.45, 2.75) is 13.0 Å². The minimum atomic E-state index is -0.580. The average Bonchev–Trinajstić information content (AvgIpc) is 2.73. The number of hydrogen-bond acceptors (Lipinski definition) is 8. The van der Waals surface area contributed by atoms with Crippen molar-refractivity contribution < 1.29 is 18.8 Å². The smallest absolute Gasteiger partial charge is 0.311 e. The van der Waals surface area contributed by atoms with Crippen LogP contribution in [0.2, 0.25) is 0 Å². The molecule has 0 aliphatic rings. The molecule has 2 N–H and O–H groups in total. The molecule has 1 amide bonds. The van der Waals surface area contributed by atoms with E-state index in [9.17, 15) is 19.3 Å². The molecule has 0 saturated heterocycles. The van der Waals surface area contributed by atoms with Crippen LogP contribution < -0.4 is 15.4 Å². The van der Waals surface area contributed by atoms with E-state index in [0.717, 1.165) is 0 Å². The molecule has 1 unspecified atom stereocenters. The second kappa shape index (κ2) is 10.5. The van der Waals surface area contributed by atoms with E-state index in [2.05, 4.69) is 36.5 Å². The highest BCUT2D eigenvalue weighted by atomic mass is 79.9. The molecule has 1 atom stereocenters. The van der Waals surface area contributed by atoms with Gasteiger partial charge >= 0.3 is 5.69 Å². The van der Waals surface area contributed by atoms with E-state index in [-0.39, 0.29) is 41.9 Å². The summed E-state index contributed by atoms with van der Waals surface area (Å²) in [7, 11) is 3.54. The molecule has 174 valence electrons. The lowest BCUT2D eigenvalue weighted by Crippen LogP contribution is -2.38. The molecule has 2 aromatic carbocycles. The Hall–Kier alpha value is -3.38. The van der Waals surface area contributed by atoms with Crippen LogP contribution in [0.1, 0.15) is 6.92 Å². The van der Waals surface area contributed by atoms with Crippen LogP contribution >= 0.6 is 15.9 Å². The number of hydrogen-bond donors (Lipinski definition) is 2. The van der Waals surface area contributed by atoms with Crippen molar-refractivity contribution in [1.29, 1.82) is 0 Å². The Balaban J connectivity index is 1.87. The summed E-state index contributed by atoms with van der Waals surface area (Å²) in [6.07, 6.45) is 0.727. The van der Waals surface area contributed by atoms with Crippen molar-refractivity contribution in [2.75, 3.05) is 32.5 Å². The minimum Gasteiger partial charge on any atom is -0.482 e. The number of carbonyl (C=O) groups is 1. The zero-order valence-electron chi connectivity index (χ0n) is 18.1. The molecule has 12 heteroatoms. The number of halogens is 2. The third-order valence-electron chi connectivity index (χ3n) is 4.47. The van der Waals surface area contributed by atoms with Gasteiger partial charge in [-0.05, 0) is 39.2 Å². The molecular weight excluding hydrogens is 499 g/mol. The van der Waals surface area contributed by atoms with Crippen LogP contribution in [0.4, 0.5) is 21.6 Å². The first-order chi connectivity index (χ1) is 15.6. The second-order valence-electron chi connectivity index (χ2n) is 7.54. The van der Waals surface area contributed by atoms with Gasteiger partial charge in [-0.2, -0.15) is 0 Å². The van der Waals surface area contributed by atoms with Crippen LogP contribution in [-0.4, -0.2) is 59.0 Å². The van der Waals surface area contributed by atoms with E-state index in [1.165, 1.54) is 30.6 Å². The van der Waals surface area contributed by atoms with Crippen LogP contribution in [0, 0.1) is 15.9 Å². The number of carbonyl (C=O) groups excluding carboxylic acids is 1. The fraction of sp³-hybridized carbons (Fsp3) is 0.286. The van der Waals surface area contributed by atoms with Crippen LogP contribution in [0.25, 0.3) is 10.9 Å². The van der Waals surface area contributed by atoms with Crippen molar-refractivity contribution in [3.63, 3.8) is 0 Å². The van der Waals surface area contributed by atoms with Gasteiger partial charge in [-0.25, -0.2) is 14.4 Å². The van der Waals surface area contributed by atoms with Crippen molar-refractivity contribution in [3.8, 4) is 5.75 Å². The minimum absolute atomic E-state index is 0.00123. The SMILES string of the molecule is CC(CNC(=O)CN(C)C)Oc1cc2ncnc(Nc3ccc(Br)cc3F)c2cc1[N+](=O)[O-]. The first-order valence-electron chi connectivity index (χ1n) is 9.87. The summed E-state index contributed by atoms with van der Waals surface area (Å²) in [6, 6.07) is 7.17. The summed E-state index contributed by atoms with van der Waals surface area (Å²) in [5.74, 6) is -0.496. The number of nitrogens with one attached hydrogen (secondary N) is 2. The predicted molar refractivity (Wildman–Crippen MR) is 125 cm³/mol. The highest BCUT2D eigenvalue weighted by Crippen LogP contribution is 2.35. The van der Waals surface area contributed by atoms with Gasteiger partial charge in [0.1, 0.15) is 24.1 Å². The molecule has 0 bridgehead atoms. The maximum Gasteiger partial charge on any atom is 0.311 e. The van der Waals surface area contributed by atoms with Crippen molar-refractivity contribution in [2.24, 2.45) is 0 Å².